The molecule has 57 heavy (non-hydrogen) atoms. The van der Waals surface area contributed by atoms with Crippen LogP contribution in [0, 0.1) is 30.6 Å². The van der Waals surface area contributed by atoms with Gasteiger partial charge in [-0.05, 0) is 112 Å². The van der Waals surface area contributed by atoms with Crippen molar-refractivity contribution in [1.82, 2.24) is 9.80 Å². The molecule has 0 radical (unpaired) electrons. The van der Waals surface area contributed by atoms with Crippen LogP contribution < -0.4 is 0 Å². The first kappa shape index (κ1) is 45.9. The van der Waals surface area contributed by atoms with Gasteiger partial charge >= 0.3 is 11.9 Å². The first-order valence-electron chi connectivity index (χ1n) is 21.0. The molecule has 2 aliphatic rings. The van der Waals surface area contributed by atoms with Crippen LogP contribution in [0.15, 0.2) is 36.4 Å². The van der Waals surface area contributed by atoms with Crippen LogP contribution in [0.1, 0.15) is 146 Å². The smallest absolute Gasteiger partial charge is 0.303 e. The second kappa shape index (κ2) is 18.8. The van der Waals surface area contributed by atoms with Gasteiger partial charge in [-0.2, -0.15) is 0 Å². The second-order valence-electron chi connectivity index (χ2n) is 18.5. The molecule has 9 heteroatoms. The summed E-state index contributed by atoms with van der Waals surface area (Å²) in [6, 6.07) is 11.3. The highest BCUT2D eigenvalue weighted by Gasteiger charge is 2.48. The zero-order chi connectivity index (χ0) is 42.6. The molecule has 0 aliphatic carbocycles. The average Bonchev–Trinajstić information content (AvgIpc) is 3.13. The van der Waals surface area contributed by atoms with Gasteiger partial charge in [-0.3, -0.25) is 19.2 Å². The maximum absolute atomic E-state index is 13.7. The van der Waals surface area contributed by atoms with Gasteiger partial charge in [-0.15, -0.1) is 0 Å². The molecule has 2 saturated heterocycles. The molecule has 0 bridgehead atoms. The van der Waals surface area contributed by atoms with E-state index in [9.17, 15) is 19.2 Å². The van der Waals surface area contributed by atoms with Gasteiger partial charge in [0.25, 0.3) is 0 Å². The number of carbonyl (C=O) groups is 4. The molecule has 9 nitrogen and oxygen atoms in total. The van der Waals surface area contributed by atoms with E-state index in [-0.39, 0.29) is 36.1 Å². The fraction of sp³-hybridized carbons (Fsp3) is 0.625. The van der Waals surface area contributed by atoms with Crippen molar-refractivity contribution in [1.29, 1.82) is 0 Å². The number of amides is 1. The minimum Gasteiger partial charge on any atom is -0.458 e. The first-order chi connectivity index (χ1) is 26.6. The van der Waals surface area contributed by atoms with Crippen LogP contribution in [0.4, 0.5) is 0 Å². The van der Waals surface area contributed by atoms with Crippen molar-refractivity contribution in [2.24, 2.45) is 16.7 Å². The van der Waals surface area contributed by atoms with Crippen molar-refractivity contribution in [3.05, 3.63) is 75.4 Å². The SMILES string of the molecule is CC[C@H]1O[C@@H](c2cc(Cc3ccc(/C=C/C(C)(C)C(=O)CC(C)(C)C(=O)N4CCC(N(C)C)CC4)cc3C)c(C(C)C)cc2C)[C@H](OC(C)=O)[C@@H](OC(C)=O)[C@@H]1C. The summed E-state index contributed by atoms with van der Waals surface area (Å²) in [6.07, 6.45) is 5.24. The number of nitrogens with zero attached hydrogens (tertiary/aromatic N) is 2. The number of likely N-dealkylation sites (tertiary alicyclic amines) is 1. The highest BCUT2D eigenvalue weighted by Crippen LogP contribution is 2.42. The van der Waals surface area contributed by atoms with Crippen molar-refractivity contribution in [2.45, 2.75) is 152 Å². The zero-order valence-electron chi connectivity index (χ0n) is 37.3. The van der Waals surface area contributed by atoms with E-state index in [1.807, 2.05) is 51.7 Å². The van der Waals surface area contributed by atoms with Gasteiger partial charge in [0.2, 0.25) is 5.91 Å². The molecule has 2 aliphatic heterocycles. The predicted octanol–water partition coefficient (Wildman–Crippen LogP) is 8.94. The topological polar surface area (TPSA) is 102 Å². The van der Waals surface area contributed by atoms with Crippen molar-refractivity contribution in [2.75, 3.05) is 27.2 Å². The van der Waals surface area contributed by atoms with Crippen LogP contribution in [-0.4, -0.2) is 85.0 Å². The summed E-state index contributed by atoms with van der Waals surface area (Å²) < 4.78 is 18.4. The molecule has 0 N–H and O–H groups in total. The fourth-order valence-corrected chi connectivity index (χ4v) is 8.61. The molecule has 0 aromatic heterocycles. The molecule has 2 aromatic carbocycles. The molecule has 1 amide bonds. The second-order valence-corrected chi connectivity index (χ2v) is 18.5. The molecule has 2 heterocycles. The Morgan fingerprint density at radius 2 is 1.53 bits per heavy atom. The van der Waals surface area contributed by atoms with E-state index in [0.29, 0.717) is 12.5 Å². The van der Waals surface area contributed by atoms with Crippen LogP contribution in [-0.2, 0) is 39.8 Å². The molecule has 2 aromatic rings. The Bertz CT molecular complexity index is 1800. The monoisotopic (exact) mass is 787 g/mol. The van der Waals surface area contributed by atoms with Gasteiger partial charge in [-0.25, -0.2) is 0 Å². The lowest BCUT2D eigenvalue weighted by Gasteiger charge is -2.45. The minimum atomic E-state index is -0.790. The first-order valence-corrected chi connectivity index (χ1v) is 21.0. The van der Waals surface area contributed by atoms with Crippen LogP contribution in [0.25, 0.3) is 6.08 Å². The highest BCUT2D eigenvalue weighted by molar-refractivity contribution is 5.93. The number of hydrogen-bond donors (Lipinski definition) is 0. The number of hydrogen-bond acceptors (Lipinski definition) is 8. The number of ketones is 1. The third kappa shape index (κ3) is 11.2. The number of esters is 2. The summed E-state index contributed by atoms with van der Waals surface area (Å²) in [5.74, 6) is -0.667. The van der Waals surface area contributed by atoms with Gasteiger partial charge in [0, 0.05) is 50.7 Å². The zero-order valence-corrected chi connectivity index (χ0v) is 37.3. The van der Waals surface area contributed by atoms with Crippen molar-refractivity contribution < 1.29 is 33.4 Å². The molecule has 0 unspecified atom stereocenters. The van der Waals surface area contributed by atoms with Gasteiger partial charge in [0.15, 0.2) is 6.10 Å². The van der Waals surface area contributed by atoms with Gasteiger partial charge in [0.05, 0.1) is 11.5 Å². The summed E-state index contributed by atoms with van der Waals surface area (Å²) >= 11 is 0. The molecule has 4 rings (SSSR count). The van der Waals surface area contributed by atoms with Crippen molar-refractivity contribution in [3.63, 3.8) is 0 Å². The number of rotatable bonds is 14. The molecular formula is C48H70N2O7. The molecule has 0 saturated carbocycles. The van der Waals surface area contributed by atoms with Gasteiger partial charge in [-0.1, -0.05) is 84.0 Å². The van der Waals surface area contributed by atoms with Crippen LogP contribution in [0.2, 0.25) is 0 Å². The minimum absolute atomic E-state index is 0.0433. The number of Topliss-reactive ketones (excluding diaryl/α,β-unsaturated/α-hetero) is 1. The predicted molar refractivity (Wildman–Crippen MR) is 227 cm³/mol. The fourth-order valence-electron chi connectivity index (χ4n) is 8.61. The normalized spacial score (nSPS) is 22.3. The lowest BCUT2D eigenvalue weighted by atomic mass is 9.76. The molecule has 0 spiro atoms. The number of carbonyl (C=O) groups excluding carboxylic acids is 4. The van der Waals surface area contributed by atoms with E-state index in [2.05, 4.69) is 83.9 Å². The largest absolute Gasteiger partial charge is 0.458 e. The molecule has 5 atom stereocenters. The Balaban J connectivity index is 1.56. The highest BCUT2D eigenvalue weighted by atomic mass is 16.6. The van der Waals surface area contributed by atoms with Gasteiger partial charge < -0.3 is 24.0 Å². The van der Waals surface area contributed by atoms with E-state index < -0.39 is 41.1 Å². The van der Waals surface area contributed by atoms with Crippen LogP contribution in [0.5, 0.6) is 0 Å². The molecule has 2 fully saturated rings. The third-order valence-electron chi connectivity index (χ3n) is 12.3. The number of benzene rings is 2. The van der Waals surface area contributed by atoms with E-state index in [4.69, 9.17) is 14.2 Å². The summed E-state index contributed by atoms with van der Waals surface area (Å²) in [4.78, 5) is 56.1. The number of allylic oxidation sites excluding steroid dienone is 1. The van der Waals surface area contributed by atoms with E-state index in [0.717, 1.165) is 60.2 Å². The van der Waals surface area contributed by atoms with Crippen LogP contribution in [0.3, 0.4) is 0 Å². The van der Waals surface area contributed by atoms with E-state index >= 15 is 0 Å². The van der Waals surface area contributed by atoms with E-state index in [1.165, 1.54) is 25.0 Å². The Hall–Kier alpha value is -3.82. The quantitative estimate of drug-likeness (QED) is 0.175. The summed E-state index contributed by atoms with van der Waals surface area (Å²) in [6.45, 7) is 24.5. The van der Waals surface area contributed by atoms with Gasteiger partial charge in [0.1, 0.15) is 18.0 Å². The van der Waals surface area contributed by atoms with E-state index in [1.54, 1.807) is 0 Å². The van der Waals surface area contributed by atoms with Crippen molar-refractivity contribution in [3.8, 4) is 0 Å². The lowest BCUT2D eigenvalue weighted by molar-refractivity contribution is -0.225. The van der Waals surface area contributed by atoms with Crippen molar-refractivity contribution >= 4 is 29.7 Å². The number of piperidine rings is 1. The Morgan fingerprint density at radius 1 is 0.912 bits per heavy atom. The van der Waals surface area contributed by atoms with Crippen LogP contribution >= 0.6 is 0 Å². The maximum atomic E-state index is 13.7. The Labute approximate surface area is 342 Å². The average molecular weight is 787 g/mol. The summed E-state index contributed by atoms with van der Waals surface area (Å²) in [5, 5.41) is 0. The number of aryl methyl sites for hydroxylation is 2. The lowest BCUT2D eigenvalue weighted by Crippen LogP contribution is -2.53. The molecule has 314 valence electrons. The molecular weight excluding hydrogens is 717 g/mol. The summed E-state index contributed by atoms with van der Waals surface area (Å²) in [7, 11) is 4.18. The summed E-state index contributed by atoms with van der Waals surface area (Å²) in [5.41, 5.74) is 6.12. The Kier molecular flexibility index (Phi) is 15.2. The third-order valence-corrected chi connectivity index (χ3v) is 12.3. The standard InChI is InChI=1S/C48H70N2O7/c1-15-41-32(6)43(55-33(7)51)45(56-34(8)52)44(57-41)40-27-37(39(29(2)3)25-31(40)5)26-36-17-16-35(24-30(36)4)18-21-47(9,10)42(53)28-48(11,12)46(54)50-22-19-38(20-23-50)49(13)14/h16-18,21,24-25,27,29,32,38,41,43-45H,15,19-20,22-23,26,28H2,1-14H3/b21-18+/t32-,41-,43+,44+,45-/m1/s1. The maximum Gasteiger partial charge on any atom is 0.303 e. The number of ether oxygens (including phenoxy) is 3. The Morgan fingerprint density at radius 3 is 2.07 bits per heavy atom.